The predicted octanol–water partition coefficient (Wildman–Crippen LogP) is 4.75. The van der Waals surface area contributed by atoms with Gasteiger partial charge >= 0.3 is 0 Å². The van der Waals surface area contributed by atoms with Gasteiger partial charge in [0.05, 0.1) is 10.7 Å². The van der Waals surface area contributed by atoms with Crippen LogP contribution in [0.3, 0.4) is 0 Å². The summed E-state index contributed by atoms with van der Waals surface area (Å²) in [5.41, 5.74) is 9.91. The monoisotopic (exact) mass is 344 g/mol. The van der Waals surface area contributed by atoms with E-state index < -0.39 is 0 Å². The van der Waals surface area contributed by atoms with Gasteiger partial charge < -0.3 is 5.73 Å². The molecular formula is C16H13BrN2S. The molecule has 2 N–H and O–H groups in total. The van der Waals surface area contributed by atoms with Crippen LogP contribution in [0, 0.1) is 0 Å². The van der Waals surface area contributed by atoms with E-state index in [2.05, 4.69) is 45.6 Å². The highest BCUT2D eigenvalue weighted by molar-refractivity contribution is 9.10. The highest BCUT2D eigenvalue weighted by Crippen LogP contribution is 2.25. The summed E-state index contributed by atoms with van der Waals surface area (Å²) < 4.78 is 1.10. The average Bonchev–Trinajstić information content (AvgIpc) is 2.90. The first-order valence-corrected chi connectivity index (χ1v) is 7.93. The molecule has 0 bridgehead atoms. The van der Waals surface area contributed by atoms with Crippen LogP contribution in [0.15, 0.2) is 58.4 Å². The van der Waals surface area contributed by atoms with Gasteiger partial charge in [0.15, 0.2) is 0 Å². The second-order valence-corrected chi connectivity index (χ2v) is 6.41. The number of anilines is 1. The normalized spacial score (nSPS) is 10.7. The lowest BCUT2D eigenvalue weighted by Crippen LogP contribution is -1.88. The Balaban J connectivity index is 1.82. The van der Waals surface area contributed by atoms with Crippen molar-refractivity contribution in [2.45, 2.75) is 6.42 Å². The van der Waals surface area contributed by atoms with Crippen LogP contribution in [-0.2, 0) is 6.42 Å². The van der Waals surface area contributed by atoms with Crippen molar-refractivity contribution in [2.75, 3.05) is 5.73 Å². The molecule has 0 fully saturated rings. The molecule has 0 aliphatic rings. The molecule has 100 valence electrons. The molecule has 0 saturated carbocycles. The van der Waals surface area contributed by atoms with Crippen LogP contribution in [-0.4, -0.2) is 4.98 Å². The quantitative estimate of drug-likeness (QED) is 0.696. The van der Waals surface area contributed by atoms with E-state index >= 15 is 0 Å². The minimum Gasteiger partial charge on any atom is -0.399 e. The van der Waals surface area contributed by atoms with Crippen LogP contribution >= 0.6 is 27.3 Å². The number of nitrogens with zero attached hydrogens (tertiary/aromatic N) is 1. The molecule has 1 aromatic heterocycles. The maximum atomic E-state index is 5.81. The Morgan fingerprint density at radius 2 is 1.90 bits per heavy atom. The lowest BCUT2D eigenvalue weighted by Gasteiger charge is -1.99. The first-order chi connectivity index (χ1) is 9.70. The Bertz CT molecular complexity index is 719. The summed E-state index contributed by atoms with van der Waals surface area (Å²) >= 11 is 5.13. The summed E-state index contributed by atoms with van der Waals surface area (Å²) in [6.45, 7) is 0. The molecule has 0 spiro atoms. The summed E-state index contributed by atoms with van der Waals surface area (Å²) in [7, 11) is 0. The highest BCUT2D eigenvalue weighted by Gasteiger charge is 2.05. The van der Waals surface area contributed by atoms with Crippen molar-refractivity contribution in [2.24, 2.45) is 0 Å². The maximum Gasteiger partial charge on any atom is 0.0976 e. The lowest BCUT2D eigenvalue weighted by atomic mass is 10.1. The van der Waals surface area contributed by atoms with Crippen molar-refractivity contribution in [1.82, 2.24) is 4.98 Å². The molecule has 0 radical (unpaired) electrons. The Morgan fingerprint density at radius 1 is 1.10 bits per heavy atom. The van der Waals surface area contributed by atoms with Gasteiger partial charge in [0, 0.05) is 27.5 Å². The zero-order chi connectivity index (χ0) is 13.9. The van der Waals surface area contributed by atoms with E-state index in [1.807, 2.05) is 24.3 Å². The van der Waals surface area contributed by atoms with Gasteiger partial charge in [0.25, 0.3) is 0 Å². The molecule has 0 saturated heterocycles. The van der Waals surface area contributed by atoms with Crippen molar-refractivity contribution in [1.29, 1.82) is 0 Å². The van der Waals surface area contributed by atoms with Gasteiger partial charge in [-0.25, -0.2) is 4.98 Å². The van der Waals surface area contributed by atoms with Crippen molar-refractivity contribution in [3.8, 4) is 11.3 Å². The summed E-state index contributed by atoms with van der Waals surface area (Å²) in [5, 5.41) is 3.20. The summed E-state index contributed by atoms with van der Waals surface area (Å²) in [5.74, 6) is 0. The molecule has 1 heterocycles. The van der Waals surface area contributed by atoms with Gasteiger partial charge in [-0.1, -0.05) is 40.2 Å². The second-order valence-electron chi connectivity index (χ2n) is 4.56. The SMILES string of the molecule is Nc1cccc(-c2csc(Cc3ccc(Br)cc3)n2)c1. The number of hydrogen-bond donors (Lipinski definition) is 1. The standard InChI is InChI=1S/C16H13BrN2S/c17-13-6-4-11(5-7-13)8-16-19-15(10-20-16)12-2-1-3-14(18)9-12/h1-7,9-10H,8,18H2. The number of hydrogen-bond acceptors (Lipinski definition) is 3. The fourth-order valence-electron chi connectivity index (χ4n) is 2.00. The molecule has 2 aromatic carbocycles. The summed E-state index contributed by atoms with van der Waals surface area (Å²) in [6, 6.07) is 16.2. The molecule has 0 unspecified atom stereocenters. The Hall–Kier alpha value is -1.65. The van der Waals surface area contributed by atoms with Crippen LogP contribution in [0.4, 0.5) is 5.69 Å². The third-order valence-corrected chi connectivity index (χ3v) is 4.38. The molecule has 2 nitrogen and oxygen atoms in total. The topological polar surface area (TPSA) is 38.9 Å². The summed E-state index contributed by atoms with van der Waals surface area (Å²) in [6.07, 6.45) is 0.861. The van der Waals surface area contributed by atoms with Gasteiger partial charge in [-0.05, 0) is 29.8 Å². The third-order valence-electron chi connectivity index (χ3n) is 3.00. The lowest BCUT2D eigenvalue weighted by molar-refractivity contribution is 1.14. The van der Waals surface area contributed by atoms with Crippen molar-refractivity contribution >= 4 is 33.0 Å². The molecule has 0 aliphatic carbocycles. The highest BCUT2D eigenvalue weighted by atomic mass is 79.9. The van der Waals surface area contributed by atoms with E-state index in [9.17, 15) is 0 Å². The van der Waals surface area contributed by atoms with Gasteiger partial charge in [-0.2, -0.15) is 0 Å². The molecule has 20 heavy (non-hydrogen) atoms. The zero-order valence-corrected chi connectivity index (χ0v) is 13.1. The zero-order valence-electron chi connectivity index (χ0n) is 10.7. The Morgan fingerprint density at radius 3 is 2.65 bits per heavy atom. The fourth-order valence-corrected chi connectivity index (χ4v) is 3.10. The van der Waals surface area contributed by atoms with Crippen molar-refractivity contribution in [3.05, 3.63) is 69.0 Å². The summed E-state index contributed by atoms with van der Waals surface area (Å²) in [4.78, 5) is 4.69. The van der Waals surface area contributed by atoms with E-state index in [0.717, 1.165) is 32.8 Å². The van der Waals surface area contributed by atoms with E-state index in [4.69, 9.17) is 10.7 Å². The Labute approximate surface area is 130 Å². The largest absolute Gasteiger partial charge is 0.399 e. The second kappa shape index (κ2) is 5.77. The average molecular weight is 345 g/mol. The van der Waals surface area contributed by atoms with Gasteiger partial charge in [-0.15, -0.1) is 11.3 Å². The number of benzene rings is 2. The maximum absolute atomic E-state index is 5.81. The van der Waals surface area contributed by atoms with E-state index in [1.54, 1.807) is 11.3 Å². The molecule has 3 rings (SSSR count). The number of aromatic nitrogens is 1. The molecule has 3 aromatic rings. The van der Waals surface area contributed by atoms with Crippen LogP contribution in [0.2, 0.25) is 0 Å². The molecule has 0 atom stereocenters. The fraction of sp³-hybridized carbons (Fsp3) is 0.0625. The minimum absolute atomic E-state index is 0.768. The number of nitrogens with two attached hydrogens (primary N) is 1. The van der Waals surface area contributed by atoms with Crippen LogP contribution in [0.5, 0.6) is 0 Å². The first kappa shape index (κ1) is 13.3. The van der Waals surface area contributed by atoms with Gasteiger partial charge in [0.1, 0.15) is 0 Å². The number of nitrogen functional groups attached to an aromatic ring is 1. The van der Waals surface area contributed by atoms with E-state index in [-0.39, 0.29) is 0 Å². The smallest absolute Gasteiger partial charge is 0.0976 e. The molecule has 0 amide bonds. The number of halogens is 1. The van der Waals surface area contributed by atoms with E-state index in [0.29, 0.717) is 0 Å². The molecule has 4 heteroatoms. The first-order valence-electron chi connectivity index (χ1n) is 6.25. The molecular weight excluding hydrogens is 332 g/mol. The van der Waals surface area contributed by atoms with Crippen molar-refractivity contribution in [3.63, 3.8) is 0 Å². The Kier molecular flexibility index (Phi) is 3.85. The van der Waals surface area contributed by atoms with Crippen LogP contribution < -0.4 is 5.73 Å². The number of thiazole rings is 1. The predicted molar refractivity (Wildman–Crippen MR) is 88.9 cm³/mol. The van der Waals surface area contributed by atoms with Gasteiger partial charge in [-0.3, -0.25) is 0 Å². The van der Waals surface area contributed by atoms with E-state index in [1.165, 1.54) is 5.56 Å². The van der Waals surface area contributed by atoms with Crippen molar-refractivity contribution < 1.29 is 0 Å². The number of rotatable bonds is 3. The third kappa shape index (κ3) is 3.08. The minimum atomic E-state index is 0.768. The van der Waals surface area contributed by atoms with Crippen LogP contribution in [0.1, 0.15) is 10.6 Å². The molecule has 0 aliphatic heterocycles. The van der Waals surface area contributed by atoms with Crippen LogP contribution in [0.25, 0.3) is 11.3 Å². The van der Waals surface area contributed by atoms with Gasteiger partial charge in [0.2, 0.25) is 0 Å².